The highest BCUT2D eigenvalue weighted by Crippen LogP contribution is 2.51. The number of halogens is 6. The van der Waals surface area contributed by atoms with Gasteiger partial charge in [-0.25, -0.2) is 0 Å². The van der Waals surface area contributed by atoms with Crippen LogP contribution in [0.4, 0.5) is 5.69 Å². The molecular weight excluding hydrogens is 411 g/mol. The number of nitrogens with zero attached hydrogens (tertiary/aromatic N) is 1. The Morgan fingerprint density at radius 3 is 2.19 bits per heavy atom. The zero-order valence-electron chi connectivity index (χ0n) is 9.73. The molecule has 0 aliphatic carbocycles. The number of ether oxygens (including phenoxy) is 2. The fourth-order valence-corrected chi connectivity index (χ4v) is 2.49. The van der Waals surface area contributed by atoms with Crippen LogP contribution in [-0.4, -0.2) is 18.8 Å². The molecule has 0 radical (unpaired) electrons. The summed E-state index contributed by atoms with van der Waals surface area (Å²) in [5, 5.41) is 10.8. The van der Waals surface area contributed by atoms with E-state index in [-0.39, 0.29) is 17.0 Å². The van der Waals surface area contributed by atoms with Crippen LogP contribution in [0.1, 0.15) is 11.7 Å². The van der Waals surface area contributed by atoms with E-state index in [9.17, 15) is 10.1 Å². The Kier molecular flexibility index (Phi) is 4.96. The monoisotopic (exact) mass is 413 g/mol. The van der Waals surface area contributed by atoms with E-state index in [1.807, 2.05) is 0 Å². The molecule has 1 aliphatic rings. The highest BCUT2D eigenvalue weighted by molar-refractivity contribution is 6.68. The van der Waals surface area contributed by atoms with Crippen LogP contribution in [-0.2, 0) is 4.74 Å². The normalized spacial score (nSPS) is 22.4. The van der Waals surface area contributed by atoms with Crippen molar-refractivity contribution < 1.29 is 14.4 Å². The molecule has 0 aromatic heterocycles. The molecule has 2 atom stereocenters. The van der Waals surface area contributed by atoms with E-state index in [4.69, 9.17) is 79.1 Å². The van der Waals surface area contributed by atoms with Crippen molar-refractivity contribution in [2.45, 2.75) is 20.0 Å². The number of benzene rings is 1. The number of hydrogen-bond acceptors (Lipinski definition) is 4. The van der Waals surface area contributed by atoms with Gasteiger partial charge in [-0.05, 0) is 6.07 Å². The molecule has 5 nitrogen and oxygen atoms in total. The minimum absolute atomic E-state index is 0.166. The number of alkyl halides is 6. The third-order valence-electron chi connectivity index (χ3n) is 2.54. The van der Waals surface area contributed by atoms with Crippen LogP contribution in [0.15, 0.2) is 18.2 Å². The van der Waals surface area contributed by atoms with Gasteiger partial charge in [-0.3, -0.25) is 10.1 Å². The lowest BCUT2D eigenvalue weighted by atomic mass is 10.1. The van der Waals surface area contributed by atoms with Gasteiger partial charge in [-0.2, -0.15) is 0 Å². The topological polar surface area (TPSA) is 61.6 Å². The lowest BCUT2D eigenvalue weighted by molar-refractivity contribution is -0.385. The maximum absolute atomic E-state index is 10.8. The van der Waals surface area contributed by atoms with Gasteiger partial charge in [0.15, 0.2) is 0 Å². The van der Waals surface area contributed by atoms with Crippen molar-refractivity contribution in [3.05, 3.63) is 33.9 Å². The number of rotatable bonds is 1. The summed E-state index contributed by atoms with van der Waals surface area (Å²) in [6.07, 6.45) is -2.54. The summed E-state index contributed by atoms with van der Waals surface area (Å²) >= 11 is 34.7. The third-order valence-corrected chi connectivity index (χ3v) is 3.67. The van der Waals surface area contributed by atoms with Gasteiger partial charge in [0.25, 0.3) is 9.48 Å². The fourth-order valence-electron chi connectivity index (χ4n) is 1.70. The van der Waals surface area contributed by atoms with Crippen molar-refractivity contribution in [1.29, 1.82) is 0 Å². The molecule has 0 spiro atoms. The molecule has 0 saturated carbocycles. The van der Waals surface area contributed by atoms with Crippen molar-refractivity contribution in [3.63, 3.8) is 0 Å². The van der Waals surface area contributed by atoms with Crippen LogP contribution >= 0.6 is 69.6 Å². The van der Waals surface area contributed by atoms with E-state index in [1.165, 1.54) is 18.2 Å². The van der Waals surface area contributed by atoms with Gasteiger partial charge in [-0.15, -0.1) is 0 Å². The van der Waals surface area contributed by atoms with E-state index in [0.29, 0.717) is 0 Å². The Balaban J connectivity index is 2.51. The van der Waals surface area contributed by atoms with E-state index in [1.54, 1.807) is 0 Å². The second-order valence-corrected chi connectivity index (χ2v) is 8.77. The maximum Gasteiger partial charge on any atom is 0.270 e. The molecule has 1 aromatic rings. The first-order valence-corrected chi connectivity index (χ1v) is 7.51. The first-order chi connectivity index (χ1) is 9.50. The van der Waals surface area contributed by atoms with Gasteiger partial charge in [0.1, 0.15) is 11.9 Å². The predicted molar refractivity (Wildman–Crippen MR) is 81.9 cm³/mol. The molecule has 0 bridgehead atoms. The van der Waals surface area contributed by atoms with Crippen LogP contribution in [0, 0.1) is 10.1 Å². The first-order valence-electron chi connectivity index (χ1n) is 5.24. The lowest BCUT2D eigenvalue weighted by Crippen LogP contribution is -2.42. The molecule has 11 heteroatoms. The highest BCUT2D eigenvalue weighted by atomic mass is 35.6. The van der Waals surface area contributed by atoms with E-state index >= 15 is 0 Å². The Bertz CT molecular complexity index is 570. The van der Waals surface area contributed by atoms with Crippen molar-refractivity contribution in [1.82, 2.24) is 0 Å². The SMILES string of the molecule is O=[N+]([O-])c1ccc2c(c1)C(C(Cl)(Cl)Cl)OC(C(Cl)(Cl)Cl)O2. The van der Waals surface area contributed by atoms with Gasteiger partial charge < -0.3 is 9.47 Å². The van der Waals surface area contributed by atoms with E-state index in [0.717, 1.165) is 0 Å². The molecule has 1 aromatic carbocycles. The summed E-state index contributed by atoms with van der Waals surface area (Å²) in [6.45, 7) is 0. The number of nitro groups is 1. The number of non-ortho nitro benzene ring substituents is 1. The van der Waals surface area contributed by atoms with Crippen LogP contribution in [0.2, 0.25) is 0 Å². The molecular formula is C10H5Cl6NO4. The molecule has 21 heavy (non-hydrogen) atoms. The Morgan fingerprint density at radius 2 is 1.71 bits per heavy atom. The third kappa shape index (κ3) is 3.91. The van der Waals surface area contributed by atoms with Crippen LogP contribution in [0.3, 0.4) is 0 Å². The van der Waals surface area contributed by atoms with Gasteiger partial charge in [0.2, 0.25) is 10.1 Å². The molecule has 0 fully saturated rings. The molecule has 1 heterocycles. The fraction of sp³-hybridized carbons (Fsp3) is 0.400. The zero-order chi connectivity index (χ0) is 16.0. The smallest absolute Gasteiger partial charge is 0.270 e. The lowest BCUT2D eigenvalue weighted by Gasteiger charge is -2.37. The number of nitro benzene ring substituents is 1. The summed E-state index contributed by atoms with van der Waals surface area (Å²) in [6, 6.07) is 3.72. The van der Waals surface area contributed by atoms with Gasteiger partial charge in [0.05, 0.1) is 4.92 Å². The van der Waals surface area contributed by atoms with Crippen molar-refractivity contribution in [2.75, 3.05) is 0 Å². The summed E-state index contributed by atoms with van der Waals surface area (Å²) in [5.74, 6) is 0.166. The quantitative estimate of drug-likeness (QED) is 0.363. The largest absolute Gasteiger partial charge is 0.460 e. The van der Waals surface area contributed by atoms with Crippen LogP contribution in [0.5, 0.6) is 5.75 Å². The van der Waals surface area contributed by atoms with Gasteiger partial charge >= 0.3 is 0 Å². The summed E-state index contributed by atoms with van der Waals surface area (Å²) in [4.78, 5) is 10.2. The highest BCUT2D eigenvalue weighted by Gasteiger charge is 2.48. The number of hydrogen-bond donors (Lipinski definition) is 0. The van der Waals surface area contributed by atoms with Gasteiger partial charge in [-0.1, -0.05) is 69.6 Å². The number of fused-ring (bicyclic) bond motifs is 1. The summed E-state index contributed by atoms with van der Waals surface area (Å²) in [5.41, 5.74) is -0.0396. The van der Waals surface area contributed by atoms with Crippen molar-refractivity contribution in [3.8, 4) is 5.75 Å². The average molecular weight is 416 g/mol. The predicted octanol–water partition coefficient (Wildman–Crippen LogP) is 5.11. The summed E-state index contributed by atoms with van der Waals surface area (Å²) < 4.78 is 6.80. The molecule has 1 aliphatic heterocycles. The zero-order valence-corrected chi connectivity index (χ0v) is 14.3. The minimum Gasteiger partial charge on any atom is -0.460 e. The molecule has 0 amide bonds. The summed E-state index contributed by atoms with van der Waals surface area (Å²) in [7, 11) is 0. The minimum atomic E-state index is -1.94. The molecule has 2 unspecified atom stereocenters. The van der Waals surface area contributed by atoms with E-state index in [2.05, 4.69) is 0 Å². The van der Waals surface area contributed by atoms with Gasteiger partial charge in [0, 0.05) is 17.7 Å². The first kappa shape index (κ1) is 17.5. The molecule has 0 saturated heterocycles. The Morgan fingerprint density at radius 1 is 1.10 bits per heavy atom. The van der Waals surface area contributed by atoms with E-state index < -0.39 is 24.9 Å². The molecule has 116 valence electrons. The Hall–Kier alpha value is 0.120. The average Bonchev–Trinajstić information content (AvgIpc) is 2.34. The van der Waals surface area contributed by atoms with Crippen LogP contribution in [0.25, 0.3) is 0 Å². The van der Waals surface area contributed by atoms with Crippen molar-refractivity contribution >= 4 is 75.3 Å². The molecule has 0 N–H and O–H groups in total. The second-order valence-electron chi connectivity index (χ2n) is 4.03. The maximum atomic E-state index is 10.8. The second kappa shape index (κ2) is 5.96. The standard InChI is InChI=1S/C10H5Cl6NO4/c11-9(12,13)7-5-3-4(17(18)19)1-2-6(5)20-8(21-7)10(14,15)16/h1-3,7-8H. The van der Waals surface area contributed by atoms with Crippen LogP contribution < -0.4 is 4.74 Å². The molecule has 2 rings (SSSR count). The van der Waals surface area contributed by atoms with Crippen molar-refractivity contribution in [2.24, 2.45) is 0 Å². The Labute approximate surface area is 149 Å².